The van der Waals surface area contributed by atoms with Gasteiger partial charge in [0.25, 0.3) is 0 Å². The van der Waals surface area contributed by atoms with Gasteiger partial charge in [0.05, 0.1) is 7.05 Å². The van der Waals surface area contributed by atoms with Crippen LogP contribution < -0.4 is 5.32 Å². The van der Waals surface area contributed by atoms with E-state index in [0.29, 0.717) is 12.0 Å². The van der Waals surface area contributed by atoms with Crippen LogP contribution in [0.5, 0.6) is 0 Å². The van der Waals surface area contributed by atoms with Crippen LogP contribution in [0.4, 0.5) is 0 Å². The van der Waals surface area contributed by atoms with E-state index in [2.05, 4.69) is 74.8 Å². The van der Waals surface area contributed by atoms with Crippen molar-refractivity contribution in [1.82, 2.24) is 25.5 Å². The van der Waals surface area contributed by atoms with E-state index in [4.69, 9.17) is 0 Å². The number of hydrogen-bond donors (Lipinski definition) is 1. The van der Waals surface area contributed by atoms with Crippen molar-refractivity contribution in [2.75, 3.05) is 6.54 Å². The van der Waals surface area contributed by atoms with Gasteiger partial charge in [-0.25, -0.2) is 0 Å². The third-order valence-electron chi connectivity index (χ3n) is 3.25. The SMILES string of the molecule is CC(C)NCC(Cc1cccc(Br)c1)Cc1nnn(C)n1. The van der Waals surface area contributed by atoms with Crippen LogP contribution in [0.3, 0.4) is 0 Å². The lowest BCUT2D eigenvalue weighted by molar-refractivity contribution is 0.436. The number of nitrogens with one attached hydrogen (secondary N) is 1. The van der Waals surface area contributed by atoms with Crippen molar-refractivity contribution in [3.05, 3.63) is 40.1 Å². The van der Waals surface area contributed by atoms with Gasteiger partial charge in [0.15, 0.2) is 5.82 Å². The Labute approximate surface area is 134 Å². The maximum Gasteiger partial charge on any atom is 0.175 e. The Kier molecular flexibility index (Phi) is 5.87. The van der Waals surface area contributed by atoms with Gasteiger partial charge in [0, 0.05) is 16.9 Å². The highest BCUT2D eigenvalue weighted by atomic mass is 79.9. The lowest BCUT2D eigenvalue weighted by atomic mass is 9.95. The summed E-state index contributed by atoms with van der Waals surface area (Å²) in [6.07, 6.45) is 1.83. The summed E-state index contributed by atoms with van der Waals surface area (Å²) in [7, 11) is 1.80. The van der Waals surface area contributed by atoms with Gasteiger partial charge in [-0.05, 0) is 41.8 Å². The first-order valence-corrected chi connectivity index (χ1v) is 8.03. The summed E-state index contributed by atoms with van der Waals surface area (Å²) in [6, 6.07) is 8.94. The predicted octanol–water partition coefficient (Wildman–Crippen LogP) is 2.37. The molecule has 0 saturated heterocycles. The summed E-state index contributed by atoms with van der Waals surface area (Å²) < 4.78 is 1.12. The quantitative estimate of drug-likeness (QED) is 0.831. The molecule has 5 nitrogen and oxygen atoms in total. The lowest BCUT2D eigenvalue weighted by Gasteiger charge is -2.18. The zero-order chi connectivity index (χ0) is 15.2. The monoisotopic (exact) mass is 351 g/mol. The van der Waals surface area contributed by atoms with Gasteiger partial charge in [-0.3, -0.25) is 0 Å². The molecule has 0 aliphatic rings. The van der Waals surface area contributed by atoms with Gasteiger partial charge in [0.2, 0.25) is 0 Å². The Morgan fingerprint density at radius 2 is 2.10 bits per heavy atom. The fourth-order valence-electron chi connectivity index (χ4n) is 2.28. The summed E-state index contributed by atoms with van der Waals surface area (Å²) in [4.78, 5) is 1.52. The fourth-order valence-corrected chi connectivity index (χ4v) is 2.73. The molecule has 0 aliphatic heterocycles. The molecule has 114 valence electrons. The number of aromatic nitrogens is 4. The summed E-state index contributed by atoms with van der Waals surface area (Å²) in [5.74, 6) is 1.26. The van der Waals surface area contributed by atoms with Crippen LogP contribution in [-0.4, -0.2) is 32.8 Å². The van der Waals surface area contributed by atoms with Crippen molar-refractivity contribution in [3.63, 3.8) is 0 Å². The molecule has 0 amide bonds. The summed E-state index contributed by atoms with van der Waals surface area (Å²) in [6.45, 7) is 5.27. The lowest BCUT2D eigenvalue weighted by Crippen LogP contribution is -2.31. The first-order chi connectivity index (χ1) is 10.0. The predicted molar refractivity (Wildman–Crippen MR) is 87.0 cm³/mol. The molecule has 2 aromatic rings. The van der Waals surface area contributed by atoms with Gasteiger partial charge in [-0.15, -0.1) is 10.2 Å². The van der Waals surface area contributed by atoms with Gasteiger partial charge in [0.1, 0.15) is 0 Å². The molecule has 0 saturated carbocycles. The maximum atomic E-state index is 4.29. The molecular weight excluding hydrogens is 330 g/mol. The molecular formula is C15H22BrN5. The summed E-state index contributed by atoms with van der Waals surface area (Å²) in [5.41, 5.74) is 1.32. The Morgan fingerprint density at radius 3 is 2.71 bits per heavy atom. The van der Waals surface area contributed by atoms with Crippen LogP contribution in [0, 0.1) is 5.92 Å². The van der Waals surface area contributed by atoms with Gasteiger partial charge in [-0.2, -0.15) is 4.80 Å². The average molecular weight is 352 g/mol. The molecule has 1 N–H and O–H groups in total. The molecule has 1 unspecified atom stereocenters. The minimum atomic E-state index is 0.450. The number of benzene rings is 1. The molecule has 1 aromatic heterocycles. The van der Waals surface area contributed by atoms with Crippen LogP contribution in [0.25, 0.3) is 0 Å². The Morgan fingerprint density at radius 1 is 1.29 bits per heavy atom. The normalized spacial score (nSPS) is 12.8. The molecule has 0 spiro atoms. The molecule has 0 radical (unpaired) electrons. The highest BCUT2D eigenvalue weighted by Gasteiger charge is 2.14. The zero-order valence-electron chi connectivity index (χ0n) is 12.8. The third-order valence-corrected chi connectivity index (χ3v) is 3.74. The fraction of sp³-hybridized carbons (Fsp3) is 0.533. The van der Waals surface area contributed by atoms with Gasteiger partial charge < -0.3 is 5.32 Å². The number of hydrogen-bond acceptors (Lipinski definition) is 4. The molecule has 0 aliphatic carbocycles. The third kappa shape index (κ3) is 5.55. The minimum absolute atomic E-state index is 0.450. The Bertz CT molecular complexity index is 567. The standard InChI is InChI=1S/C15H22BrN5/c1-11(2)17-10-13(9-15-18-20-21(3)19-15)7-12-5-4-6-14(16)8-12/h4-6,8,11,13,17H,7,9-10H2,1-3H3. The second-order valence-corrected chi connectivity index (χ2v) is 6.58. The second-order valence-electron chi connectivity index (χ2n) is 5.66. The molecule has 0 fully saturated rings. The smallest absolute Gasteiger partial charge is 0.175 e. The minimum Gasteiger partial charge on any atom is -0.314 e. The molecule has 1 heterocycles. The van der Waals surface area contributed by atoms with E-state index in [9.17, 15) is 0 Å². The molecule has 1 atom stereocenters. The molecule has 21 heavy (non-hydrogen) atoms. The number of nitrogens with zero attached hydrogens (tertiary/aromatic N) is 4. The highest BCUT2D eigenvalue weighted by Crippen LogP contribution is 2.17. The van der Waals surface area contributed by atoms with E-state index < -0.39 is 0 Å². The van der Waals surface area contributed by atoms with Crippen LogP contribution in [-0.2, 0) is 19.9 Å². The van der Waals surface area contributed by atoms with E-state index in [1.165, 1.54) is 10.4 Å². The van der Waals surface area contributed by atoms with Crippen molar-refractivity contribution >= 4 is 15.9 Å². The van der Waals surface area contributed by atoms with Gasteiger partial charge >= 0.3 is 0 Å². The van der Waals surface area contributed by atoms with Crippen molar-refractivity contribution in [2.24, 2.45) is 13.0 Å². The van der Waals surface area contributed by atoms with Crippen molar-refractivity contribution in [3.8, 4) is 0 Å². The average Bonchev–Trinajstić information content (AvgIpc) is 2.81. The van der Waals surface area contributed by atoms with Crippen molar-refractivity contribution in [1.29, 1.82) is 0 Å². The molecule has 6 heteroatoms. The van der Waals surface area contributed by atoms with Crippen LogP contribution in [0.1, 0.15) is 25.2 Å². The number of tetrazole rings is 1. The topological polar surface area (TPSA) is 55.6 Å². The van der Waals surface area contributed by atoms with Crippen molar-refractivity contribution in [2.45, 2.75) is 32.7 Å². The molecule has 2 rings (SSSR count). The first kappa shape index (κ1) is 16.1. The largest absolute Gasteiger partial charge is 0.314 e. The van der Waals surface area contributed by atoms with E-state index in [-0.39, 0.29) is 0 Å². The first-order valence-electron chi connectivity index (χ1n) is 7.23. The van der Waals surface area contributed by atoms with Gasteiger partial charge in [-0.1, -0.05) is 41.9 Å². The number of halogens is 1. The summed E-state index contributed by atoms with van der Waals surface area (Å²) in [5, 5.41) is 15.8. The van der Waals surface area contributed by atoms with Crippen LogP contribution in [0.2, 0.25) is 0 Å². The van der Waals surface area contributed by atoms with E-state index in [1.807, 2.05) is 0 Å². The maximum absolute atomic E-state index is 4.29. The van der Waals surface area contributed by atoms with Crippen LogP contribution in [0.15, 0.2) is 28.7 Å². The molecule has 1 aromatic carbocycles. The van der Waals surface area contributed by atoms with Crippen molar-refractivity contribution < 1.29 is 0 Å². The summed E-state index contributed by atoms with van der Waals surface area (Å²) >= 11 is 3.53. The Balaban J connectivity index is 2.04. The zero-order valence-corrected chi connectivity index (χ0v) is 14.3. The van der Waals surface area contributed by atoms with E-state index in [1.54, 1.807) is 7.05 Å². The second kappa shape index (κ2) is 7.66. The molecule has 0 bridgehead atoms. The Hall–Kier alpha value is -1.27. The van der Waals surface area contributed by atoms with Crippen LogP contribution >= 0.6 is 15.9 Å². The number of rotatable bonds is 7. The number of aryl methyl sites for hydroxylation is 1. The highest BCUT2D eigenvalue weighted by molar-refractivity contribution is 9.10. The van der Waals surface area contributed by atoms with E-state index in [0.717, 1.165) is 29.7 Å². The van der Waals surface area contributed by atoms with E-state index >= 15 is 0 Å².